The summed E-state index contributed by atoms with van der Waals surface area (Å²) in [5.74, 6) is -0.348. The van der Waals surface area contributed by atoms with Gasteiger partial charge in [0.05, 0.1) is 17.7 Å². The van der Waals surface area contributed by atoms with Crippen molar-refractivity contribution in [2.24, 2.45) is 0 Å². The Balaban J connectivity index is 1.56. The Hall–Kier alpha value is -4.34. The Labute approximate surface area is 282 Å². The van der Waals surface area contributed by atoms with E-state index in [1.54, 1.807) is 54.6 Å². The van der Waals surface area contributed by atoms with Gasteiger partial charge in [0.25, 0.3) is 10.0 Å². The first-order valence-corrected chi connectivity index (χ1v) is 17.7. The third-order valence-corrected chi connectivity index (χ3v) is 10.5. The largest absolute Gasteiger partial charge is 0.497 e. The number of rotatable bonds is 13. The minimum absolute atomic E-state index is 0.0220. The maximum atomic E-state index is 14.6. The van der Waals surface area contributed by atoms with Crippen LogP contribution in [0.4, 0.5) is 5.69 Å². The number of nitrogens with one attached hydrogen (secondary N) is 1. The Bertz CT molecular complexity index is 1730. The van der Waals surface area contributed by atoms with Crippen LogP contribution in [0.25, 0.3) is 0 Å². The molecule has 0 bridgehead atoms. The van der Waals surface area contributed by atoms with E-state index < -0.39 is 28.5 Å². The lowest BCUT2D eigenvalue weighted by Crippen LogP contribution is -2.55. The number of carbonyl (C=O) groups is 2. The molecule has 1 unspecified atom stereocenters. The lowest BCUT2D eigenvalue weighted by atomic mass is 9.94. The van der Waals surface area contributed by atoms with Gasteiger partial charge in [0.15, 0.2) is 0 Å². The van der Waals surface area contributed by atoms with Crippen LogP contribution in [-0.4, -0.2) is 50.9 Å². The molecule has 2 amide bonds. The predicted octanol–water partition coefficient (Wildman–Crippen LogP) is 6.63. The first kappa shape index (κ1) is 34.0. The number of hydrogen-bond acceptors (Lipinski definition) is 5. The molecule has 1 saturated carbocycles. The molecule has 8 nitrogen and oxygen atoms in total. The lowest BCUT2D eigenvalue weighted by Gasteiger charge is -2.35. The maximum absolute atomic E-state index is 14.6. The highest BCUT2D eigenvalue weighted by Crippen LogP contribution is 2.28. The van der Waals surface area contributed by atoms with E-state index in [9.17, 15) is 18.0 Å². The molecule has 10 heteroatoms. The second-order valence-electron chi connectivity index (χ2n) is 11.7. The second kappa shape index (κ2) is 16.0. The quantitative estimate of drug-likeness (QED) is 0.172. The zero-order chi connectivity index (χ0) is 33.2. The summed E-state index contributed by atoms with van der Waals surface area (Å²) in [5, 5.41) is 3.77. The van der Waals surface area contributed by atoms with Gasteiger partial charge in [-0.1, -0.05) is 97.6 Å². The molecule has 0 saturated heterocycles. The van der Waals surface area contributed by atoms with Crippen LogP contribution in [0, 0.1) is 0 Å². The van der Waals surface area contributed by atoms with Crippen molar-refractivity contribution in [2.45, 2.75) is 62.0 Å². The van der Waals surface area contributed by atoms with Crippen LogP contribution in [0.3, 0.4) is 0 Å². The van der Waals surface area contributed by atoms with E-state index in [1.807, 2.05) is 42.5 Å². The van der Waals surface area contributed by atoms with E-state index in [4.69, 9.17) is 16.3 Å². The zero-order valence-corrected chi connectivity index (χ0v) is 28.0. The molecule has 5 rings (SSSR count). The van der Waals surface area contributed by atoms with E-state index in [-0.39, 0.29) is 35.5 Å². The van der Waals surface area contributed by atoms with Crippen LogP contribution in [-0.2, 0) is 32.6 Å². The number of anilines is 1. The van der Waals surface area contributed by atoms with Crippen molar-refractivity contribution in [3.63, 3.8) is 0 Å². The van der Waals surface area contributed by atoms with Gasteiger partial charge < -0.3 is 15.0 Å². The van der Waals surface area contributed by atoms with Gasteiger partial charge in [-0.25, -0.2) is 8.42 Å². The number of methoxy groups -OCH3 is 1. The third-order valence-electron chi connectivity index (χ3n) is 8.44. The average molecular weight is 674 g/mol. The topological polar surface area (TPSA) is 96.0 Å². The monoisotopic (exact) mass is 673 g/mol. The van der Waals surface area contributed by atoms with E-state index in [0.29, 0.717) is 10.8 Å². The lowest BCUT2D eigenvalue weighted by molar-refractivity contribution is -0.140. The van der Waals surface area contributed by atoms with Gasteiger partial charge >= 0.3 is 0 Å². The number of halogens is 1. The molecule has 0 radical (unpaired) electrons. The first-order valence-electron chi connectivity index (χ1n) is 15.8. The summed E-state index contributed by atoms with van der Waals surface area (Å²) in [6.45, 7) is -0.469. The van der Waals surface area contributed by atoms with Crippen molar-refractivity contribution in [3.05, 3.63) is 125 Å². The van der Waals surface area contributed by atoms with E-state index in [1.165, 1.54) is 24.1 Å². The number of benzene rings is 4. The van der Waals surface area contributed by atoms with E-state index >= 15 is 0 Å². The fourth-order valence-corrected chi connectivity index (χ4v) is 7.45. The van der Waals surface area contributed by atoms with Gasteiger partial charge in [-0.15, -0.1) is 0 Å². The van der Waals surface area contributed by atoms with Crippen molar-refractivity contribution >= 4 is 39.1 Å². The summed E-state index contributed by atoms with van der Waals surface area (Å²) >= 11 is 6.18. The molecule has 47 heavy (non-hydrogen) atoms. The SMILES string of the molecule is COc1cccc(N(CC(=O)N(Cc2ccc(Cl)cc2)C(Cc2ccccc2)C(=O)NC2CCCCC2)S(=O)(=O)c2ccccc2)c1. The zero-order valence-electron chi connectivity index (χ0n) is 26.4. The number of amides is 2. The molecular formula is C37H40ClN3O5S. The molecule has 1 N–H and O–H groups in total. The van der Waals surface area contributed by atoms with Crippen LogP contribution in [0.15, 0.2) is 114 Å². The summed E-state index contributed by atoms with van der Waals surface area (Å²) in [7, 11) is -2.71. The Morgan fingerprint density at radius 3 is 2.17 bits per heavy atom. The summed E-state index contributed by atoms with van der Waals surface area (Å²) in [4.78, 5) is 30.4. The molecule has 246 valence electrons. The van der Waals surface area contributed by atoms with Crippen molar-refractivity contribution in [3.8, 4) is 5.75 Å². The minimum atomic E-state index is -4.20. The van der Waals surface area contributed by atoms with Crippen LogP contribution >= 0.6 is 11.6 Å². The Morgan fingerprint density at radius 1 is 0.851 bits per heavy atom. The molecule has 1 aliphatic rings. The van der Waals surface area contributed by atoms with Crippen molar-refractivity contribution in [1.29, 1.82) is 0 Å². The van der Waals surface area contributed by atoms with Gasteiger partial charge in [-0.3, -0.25) is 13.9 Å². The minimum Gasteiger partial charge on any atom is -0.497 e. The average Bonchev–Trinajstić information content (AvgIpc) is 3.10. The van der Waals surface area contributed by atoms with Crippen LogP contribution < -0.4 is 14.4 Å². The molecule has 0 heterocycles. The Morgan fingerprint density at radius 2 is 1.51 bits per heavy atom. The third kappa shape index (κ3) is 8.93. The summed E-state index contributed by atoms with van der Waals surface area (Å²) < 4.78 is 34.8. The first-order chi connectivity index (χ1) is 22.7. The van der Waals surface area contributed by atoms with Gasteiger partial charge in [0.1, 0.15) is 18.3 Å². The number of sulfonamides is 1. The predicted molar refractivity (Wildman–Crippen MR) is 185 cm³/mol. The molecule has 1 fully saturated rings. The molecular weight excluding hydrogens is 634 g/mol. The summed E-state index contributed by atoms with van der Waals surface area (Å²) in [6.07, 6.45) is 5.23. The number of carbonyl (C=O) groups excluding carboxylic acids is 2. The normalized spacial score (nSPS) is 14.2. The van der Waals surface area contributed by atoms with Crippen molar-refractivity contribution < 1.29 is 22.7 Å². The van der Waals surface area contributed by atoms with Crippen LogP contribution in [0.2, 0.25) is 5.02 Å². The molecule has 1 aliphatic carbocycles. The fraction of sp³-hybridized carbons (Fsp3) is 0.297. The number of ether oxygens (including phenoxy) is 1. The maximum Gasteiger partial charge on any atom is 0.264 e. The van der Waals surface area contributed by atoms with E-state index in [2.05, 4.69) is 5.32 Å². The molecule has 4 aromatic carbocycles. The number of hydrogen-bond donors (Lipinski definition) is 1. The van der Waals surface area contributed by atoms with Gasteiger partial charge in [-0.05, 0) is 60.4 Å². The molecule has 1 atom stereocenters. The van der Waals surface area contributed by atoms with Gasteiger partial charge in [0.2, 0.25) is 11.8 Å². The molecule has 4 aromatic rings. The smallest absolute Gasteiger partial charge is 0.264 e. The molecule has 0 aliphatic heterocycles. The van der Waals surface area contributed by atoms with Crippen LogP contribution in [0.1, 0.15) is 43.2 Å². The fourth-order valence-electron chi connectivity index (χ4n) is 5.90. The highest BCUT2D eigenvalue weighted by Gasteiger charge is 2.35. The molecule has 0 spiro atoms. The van der Waals surface area contributed by atoms with Gasteiger partial charge in [-0.2, -0.15) is 0 Å². The second-order valence-corrected chi connectivity index (χ2v) is 14.0. The highest BCUT2D eigenvalue weighted by molar-refractivity contribution is 7.92. The highest BCUT2D eigenvalue weighted by atomic mass is 35.5. The molecule has 0 aromatic heterocycles. The van der Waals surface area contributed by atoms with Crippen molar-refractivity contribution in [1.82, 2.24) is 10.2 Å². The van der Waals surface area contributed by atoms with E-state index in [0.717, 1.165) is 47.5 Å². The van der Waals surface area contributed by atoms with Crippen molar-refractivity contribution in [2.75, 3.05) is 18.0 Å². The van der Waals surface area contributed by atoms with Crippen LogP contribution in [0.5, 0.6) is 5.75 Å². The number of nitrogens with zero attached hydrogens (tertiary/aromatic N) is 2. The summed E-state index contributed by atoms with van der Waals surface area (Å²) in [5.41, 5.74) is 1.90. The van der Waals surface area contributed by atoms with Gasteiger partial charge in [0, 0.05) is 30.1 Å². The summed E-state index contributed by atoms with van der Waals surface area (Å²) in [6, 6.07) is 30.3. The Kier molecular flexibility index (Phi) is 11.6. The standard InChI is InChI=1S/C37H40ClN3O5S/c1-46-33-17-11-16-32(25-33)41(47(44,45)34-18-9-4-10-19-34)27-36(42)40(26-29-20-22-30(38)23-21-29)35(24-28-12-5-2-6-13-28)37(43)39-31-14-7-3-8-15-31/h2,4-6,9-13,16-23,25,31,35H,3,7-8,14-15,24,26-27H2,1H3,(H,39,43).